The average Bonchev–Trinajstić information content (AvgIpc) is 3.00. The monoisotopic (exact) mass is 403 g/mol. The molecule has 0 saturated carbocycles. The van der Waals surface area contributed by atoms with Crippen molar-refractivity contribution >= 4 is 49.6 Å². The molecular weight excluding hydrogens is 386 g/mol. The molecule has 0 aliphatic rings. The van der Waals surface area contributed by atoms with Crippen LogP contribution in [0.25, 0.3) is 27.9 Å². The van der Waals surface area contributed by atoms with Crippen LogP contribution in [-0.2, 0) is 6.54 Å². The Bertz CT molecular complexity index is 1140. The van der Waals surface area contributed by atoms with Gasteiger partial charge in [-0.3, -0.25) is 4.79 Å². The lowest BCUT2D eigenvalue weighted by atomic mass is 10.1. The van der Waals surface area contributed by atoms with Crippen LogP contribution in [0.5, 0.6) is 0 Å². The van der Waals surface area contributed by atoms with Crippen molar-refractivity contribution in [3.63, 3.8) is 0 Å². The first kappa shape index (κ1) is 16.8. The van der Waals surface area contributed by atoms with Crippen LogP contribution in [-0.4, -0.2) is 10.4 Å². The molecular formula is C23H18BrNO. The molecule has 0 saturated heterocycles. The highest BCUT2D eigenvalue weighted by Gasteiger charge is 2.11. The number of benzene rings is 3. The van der Waals surface area contributed by atoms with E-state index in [2.05, 4.69) is 51.7 Å². The van der Waals surface area contributed by atoms with Gasteiger partial charge in [0.15, 0.2) is 5.78 Å². The second-order valence-electron chi connectivity index (χ2n) is 6.24. The second-order valence-corrected chi connectivity index (χ2v) is 7.16. The molecule has 0 bridgehead atoms. The van der Waals surface area contributed by atoms with E-state index in [0.717, 1.165) is 22.0 Å². The Hall–Kier alpha value is -2.65. The summed E-state index contributed by atoms with van der Waals surface area (Å²) in [5, 5.41) is 2.32. The number of halogens is 1. The zero-order chi connectivity index (χ0) is 18.1. The Morgan fingerprint density at radius 3 is 2.46 bits per heavy atom. The topological polar surface area (TPSA) is 22.0 Å². The van der Waals surface area contributed by atoms with E-state index in [1.165, 1.54) is 16.4 Å². The van der Waals surface area contributed by atoms with Crippen LogP contribution >= 0.6 is 15.9 Å². The molecule has 2 nitrogen and oxygen atoms in total. The summed E-state index contributed by atoms with van der Waals surface area (Å²) in [7, 11) is 0. The van der Waals surface area contributed by atoms with E-state index >= 15 is 0 Å². The minimum absolute atomic E-state index is 0.0168. The predicted octanol–water partition coefficient (Wildman–Crippen LogP) is 6.47. The molecule has 4 aromatic rings. The number of rotatable bonds is 4. The number of nitrogens with zero attached hydrogens (tertiary/aromatic N) is 1. The normalized spacial score (nSPS) is 11.6. The summed E-state index contributed by atoms with van der Waals surface area (Å²) in [6.45, 7) is 3.05. The van der Waals surface area contributed by atoms with Gasteiger partial charge in [0.05, 0.1) is 0 Å². The average molecular weight is 404 g/mol. The van der Waals surface area contributed by atoms with Crippen molar-refractivity contribution in [1.82, 2.24) is 4.57 Å². The Kier molecular flexibility index (Phi) is 4.48. The number of aromatic nitrogens is 1. The maximum Gasteiger partial charge on any atom is 0.185 e. The van der Waals surface area contributed by atoms with Crippen LogP contribution < -0.4 is 0 Å². The van der Waals surface area contributed by atoms with Crippen LogP contribution in [0.1, 0.15) is 22.8 Å². The lowest BCUT2D eigenvalue weighted by Crippen LogP contribution is -1.95. The van der Waals surface area contributed by atoms with E-state index < -0.39 is 0 Å². The highest BCUT2D eigenvalue weighted by Crippen LogP contribution is 2.29. The number of allylic oxidation sites excluding steroid dienone is 1. The minimum Gasteiger partial charge on any atom is -0.341 e. The van der Waals surface area contributed by atoms with Crippen molar-refractivity contribution in [1.29, 1.82) is 0 Å². The molecule has 0 unspecified atom stereocenters. The van der Waals surface area contributed by atoms with Crippen molar-refractivity contribution in [3.05, 3.63) is 88.4 Å². The molecule has 1 heterocycles. The fourth-order valence-corrected chi connectivity index (χ4v) is 3.65. The Balaban J connectivity index is 1.74. The van der Waals surface area contributed by atoms with Gasteiger partial charge in [0.25, 0.3) is 0 Å². The highest BCUT2D eigenvalue weighted by molar-refractivity contribution is 9.10. The zero-order valence-electron chi connectivity index (χ0n) is 14.4. The maximum atomic E-state index is 12.6. The molecule has 0 amide bonds. The summed E-state index contributed by atoms with van der Waals surface area (Å²) in [4.78, 5) is 12.6. The quantitative estimate of drug-likeness (QED) is 0.282. The van der Waals surface area contributed by atoms with Gasteiger partial charge in [-0.05, 0) is 55.0 Å². The van der Waals surface area contributed by atoms with E-state index in [1.807, 2.05) is 48.5 Å². The molecule has 3 heteroatoms. The van der Waals surface area contributed by atoms with Crippen molar-refractivity contribution in [2.45, 2.75) is 13.5 Å². The summed E-state index contributed by atoms with van der Waals surface area (Å²) < 4.78 is 3.31. The van der Waals surface area contributed by atoms with Gasteiger partial charge in [-0.1, -0.05) is 52.3 Å². The van der Waals surface area contributed by atoms with Crippen LogP contribution in [0, 0.1) is 0 Å². The fourth-order valence-electron chi connectivity index (χ4n) is 3.39. The van der Waals surface area contributed by atoms with Gasteiger partial charge < -0.3 is 4.57 Å². The molecule has 0 spiro atoms. The SMILES string of the molecule is CCn1c2ccccc2c2cc(C(=O)C=Cc3ccc(Br)cc3)ccc21. The van der Waals surface area contributed by atoms with Crippen LogP contribution in [0.2, 0.25) is 0 Å². The Morgan fingerprint density at radius 2 is 1.69 bits per heavy atom. The number of hydrogen-bond donors (Lipinski definition) is 0. The van der Waals surface area contributed by atoms with Gasteiger partial charge in [0.1, 0.15) is 0 Å². The molecule has 0 fully saturated rings. The second kappa shape index (κ2) is 6.93. The third kappa shape index (κ3) is 2.99. The molecule has 0 aliphatic heterocycles. The molecule has 3 aromatic carbocycles. The smallest absolute Gasteiger partial charge is 0.185 e. The molecule has 0 radical (unpaired) electrons. The first-order valence-corrected chi connectivity index (χ1v) is 9.45. The Morgan fingerprint density at radius 1 is 0.962 bits per heavy atom. The zero-order valence-corrected chi connectivity index (χ0v) is 16.0. The summed E-state index contributed by atoms with van der Waals surface area (Å²) in [5.41, 5.74) is 4.09. The first-order valence-electron chi connectivity index (χ1n) is 8.66. The van der Waals surface area contributed by atoms with Gasteiger partial charge in [-0.15, -0.1) is 0 Å². The van der Waals surface area contributed by atoms with Gasteiger partial charge in [-0.2, -0.15) is 0 Å². The van der Waals surface area contributed by atoms with Gasteiger partial charge in [0.2, 0.25) is 0 Å². The van der Waals surface area contributed by atoms with Crippen molar-refractivity contribution in [2.24, 2.45) is 0 Å². The third-order valence-electron chi connectivity index (χ3n) is 4.67. The molecule has 4 rings (SSSR count). The number of aryl methyl sites for hydroxylation is 1. The largest absolute Gasteiger partial charge is 0.341 e. The number of hydrogen-bond acceptors (Lipinski definition) is 1. The Labute approximate surface area is 160 Å². The summed E-state index contributed by atoms with van der Waals surface area (Å²) in [6.07, 6.45) is 3.50. The number of para-hydroxylation sites is 1. The number of carbonyl (C=O) groups is 1. The van der Waals surface area contributed by atoms with Crippen molar-refractivity contribution in [3.8, 4) is 0 Å². The third-order valence-corrected chi connectivity index (χ3v) is 5.20. The first-order chi connectivity index (χ1) is 12.7. The van der Waals surface area contributed by atoms with Crippen LogP contribution in [0.3, 0.4) is 0 Å². The summed E-state index contributed by atoms with van der Waals surface area (Å²) in [6, 6.07) is 22.2. The summed E-state index contributed by atoms with van der Waals surface area (Å²) >= 11 is 3.42. The van der Waals surface area contributed by atoms with Crippen LogP contribution in [0.15, 0.2) is 77.3 Å². The van der Waals surface area contributed by atoms with E-state index in [1.54, 1.807) is 6.08 Å². The minimum atomic E-state index is 0.0168. The molecule has 26 heavy (non-hydrogen) atoms. The van der Waals surface area contributed by atoms with Gasteiger partial charge >= 0.3 is 0 Å². The molecule has 0 atom stereocenters. The fraction of sp³-hybridized carbons (Fsp3) is 0.0870. The van der Waals surface area contributed by atoms with E-state index in [-0.39, 0.29) is 5.78 Å². The van der Waals surface area contributed by atoms with E-state index in [0.29, 0.717) is 5.56 Å². The van der Waals surface area contributed by atoms with Crippen LogP contribution in [0.4, 0.5) is 0 Å². The van der Waals surface area contributed by atoms with Crippen molar-refractivity contribution in [2.75, 3.05) is 0 Å². The maximum absolute atomic E-state index is 12.6. The van der Waals surface area contributed by atoms with Crippen molar-refractivity contribution < 1.29 is 4.79 Å². The molecule has 1 aromatic heterocycles. The number of fused-ring (bicyclic) bond motifs is 3. The number of carbonyl (C=O) groups excluding carboxylic acids is 1. The van der Waals surface area contributed by atoms with Gasteiger partial charge in [0, 0.05) is 38.4 Å². The lowest BCUT2D eigenvalue weighted by molar-refractivity contribution is 0.104. The van der Waals surface area contributed by atoms with Gasteiger partial charge in [-0.25, -0.2) is 0 Å². The summed E-state index contributed by atoms with van der Waals surface area (Å²) in [5.74, 6) is 0.0168. The van der Waals surface area contributed by atoms with E-state index in [9.17, 15) is 4.79 Å². The predicted molar refractivity (Wildman–Crippen MR) is 113 cm³/mol. The lowest BCUT2D eigenvalue weighted by Gasteiger charge is -2.03. The highest BCUT2D eigenvalue weighted by atomic mass is 79.9. The van der Waals surface area contributed by atoms with E-state index in [4.69, 9.17) is 0 Å². The standard InChI is InChI=1S/C23H18BrNO/c1-2-25-21-6-4-3-5-19(21)20-15-17(10-13-22(20)25)23(26)14-9-16-7-11-18(24)12-8-16/h3-15H,2H2,1H3. The molecule has 0 N–H and O–H groups in total. The molecule has 128 valence electrons. The molecule has 0 aliphatic carbocycles. The number of ketones is 1.